The van der Waals surface area contributed by atoms with Crippen LogP contribution in [0.15, 0.2) is 59.1 Å². The molecule has 214 valence electrons. The van der Waals surface area contributed by atoms with E-state index in [0.717, 1.165) is 31.9 Å². The number of benzene rings is 2. The fraction of sp³-hybridized carbons (Fsp3) is 0.333. The standard InChI is InChI=1S/C30H35N7O4/c1-19(2)37-14-12-36(13-15-37)18-26(38)33-21-6-5-7-22(16-21)34-30-32-11-10-27(35-30)41-23-8-9-24-25(17-23)40-20(3)28(24)29(39)31-4/h5-11,16-17,19H,12-15,18H2,1-4H3,(H,31,39)(H,33,38)(H,32,34,35). The van der Waals surface area contributed by atoms with Crippen molar-refractivity contribution in [2.24, 2.45) is 0 Å². The number of furan rings is 1. The number of carbonyl (C=O) groups is 2. The normalized spacial score (nSPS) is 14.3. The van der Waals surface area contributed by atoms with Crippen LogP contribution < -0.4 is 20.7 Å². The number of anilines is 3. The van der Waals surface area contributed by atoms with Crippen LogP contribution in [0.3, 0.4) is 0 Å². The largest absolute Gasteiger partial charge is 0.460 e. The number of rotatable bonds is 9. The Kier molecular flexibility index (Phi) is 8.46. The second-order valence-corrected chi connectivity index (χ2v) is 10.3. The first kappa shape index (κ1) is 28.1. The average molecular weight is 558 g/mol. The quantitative estimate of drug-likeness (QED) is 0.275. The third-order valence-corrected chi connectivity index (χ3v) is 7.05. The molecule has 11 heteroatoms. The van der Waals surface area contributed by atoms with Gasteiger partial charge in [-0.15, -0.1) is 0 Å². The van der Waals surface area contributed by atoms with Crippen LogP contribution in [-0.2, 0) is 4.79 Å². The number of nitrogens with one attached hydrogen (secondary N) is 3. The van der Waals surface area contributed by atoms with Crippen molar-refractivity contribution in [1.29, 1.82) is 0 Å². The van der Waals surface area contributed by atoms with E-state index in [4.69, 9.17) is 9.15 Å². The van der Waals surface area contributed by atoms with Gasteiger partial charge in [-0.2, -0.15) is 4.98 Å². The lowest BCUT2D eigenvalue weighted by atomic mass is 10.1. The van der Waals surface area contributed by atoms with E-state index in [2.05, 4.69) is 49.6 Å². The van der Waals surface area contributed by atoms with Gasteiger partial charge in [-0.3, -0.25) is 19.4 Å². The van der Waals surface area contributed by atoms with Crippen molar-refractivity contribution in [1.82, 2.24) is 25.1 Å². The van der Waals surface area contributed by atoms with Crippen LogP contribution in [0.1, 0.15) is 30.0 Å². The number of nitrogens with zero attached hydrogens (tertiary/aromatic N) is 4. The number of aryl methyl sites for hydroxylation is 1. The number of fused-ring (bicyclic) bond motifs is 1. The van der Waals surface area contributed by atoms with Crippen LogP contribution in [0.2, 0.25) is 0 Å². The van der Waals surface area contributed by atoms with E-state index >= 15 is 0 Å². The predicted octanol–water partition coefficient (Wildman–Crippen LogP) is 4.39. The molecular formula is C30H35N7O4. The van der Waals surface area contributed by atoms with E-state index in [-0.39, 0.29) is 11.8 Å². The van der Waals surface area contributed by atoms with Gasteiger partial charge in [0.25, 0.3) is 5.91 Å². The second kappa shape index (κ2) is 12.4. The highest BCUT2D eigenvalue weighted by Gasteiger charge is 2.21. The summed E-state index contributed by atoms with van der Waals surface area (Å²) in [6, 6.07) is 14.9. The number of hydrogen-bond acceptors (Lipinski definition) is 9. The van der Waals surface area contributed by atoms with Crippen LogP contribution in [0, 0.1) is 6.92 Å². The summed E-state index contributed by atoms with van der Waals surface area (Å²) in [5.41, 5.74) is 2.46. The average Bonchev–Trinajstić information content (AvgIpc) is 3.28. The van der Waals surface area contributed by atoms with E-state index in [1.54, 1.807) is 44.4 Å². The summed E-state index contributed by atoms with van der Waals surface area (Å²) < 4.78 is 11.7. The Hall–Kier alpha value is -4.48. The third kappa shape index (κ3) is 6.82. The van der Waals surface area contributed by atoms with E-state index in [9.17, 15) is 9.59 Å². The summed E-state index contributed by atoms with van der Waals surface area (Å²) in [5.74, 6) is 1.47. The van der Waals surface area contributed by atoms with E-state index in [1.165, 1.54) is 0 Å². The number of ether oxygens (including phenoxy) is 1. The second-order valence-electron chi connectivity index (χ2n) is 10.3. The molecule has 1 aliphatic heterocycles. The molecule has 2 amide bonds. The van der Waals surface area contributed by atoms with Gasteiger partial charge < -0.3 is 25.1 Å². The molecule has 4 aromatic rings. The molecule has 41 heavy (non-hydrogen) atoms. The molecule has 3 N–H and O–H groups in total. The molecule has 3 heterocycles. The van der Waals surface area contributed by atoms with Crippen molar-refractivity contribution in [3.63, 3.8) is 0 Å². The van der Waals surface area contributed by atoms with Crippen molar-refractivity contribution in [3.05, 3.63) is 66.1 Å². The van der Waals surface area contributed by atoms with E-state index in [0.29, 0.717) is 58.1 Å². The maximum Gasteiger partial charge on any atom is 0.255 e. The zero-order chi connectivity index (χ0) is 28.9. The number of carbonyl (C=O) groups excluding carboxylic acids is 2. The van der Waals surface area contributed by atoms with Crippen LogP contribution in [0.25, 0.3) is 11.0 Å². The molecule has 0 spiro atoms. The van der Waals surface area contributed by atoms with Crippen LogP contribution in [0.5, 0.6) is 11.6 Å². The highest BCUT2D eigenvalue weighted by molar-refractivity contribution is 6.07. The smallest absolute Gasteiger partial charge is 0.255 e. The fourth-order valence-electron chi connectivity index (χ4n) is 4.90. The maximum absolute atomic E-state index is 12.7. The molecule has 0 radical (unpaired) electrons. The zero-order valence-corrected chi connectivity index (χ0v) is 23.7. The minimum absolute atomic E-state index is 0.0436. The van der Waals surface area contributed by atoms with Gasteiger partial charge in [0.05, 0.1) is 12.1 Å². The Morgan fingerprint density at radius 2 is 1.83 bits per heavy atom. The van der Waals surface area contributed by atoms with Gasteiger partial charge in [-0.25, -0.2) is 4.98 Å². The van der Waals surface area contributed by atoms with Crippen molar-refractivity contribution >= 4 is 40.1 Å². The van der Waals surface area contributed by atoms with E-state index in [1.807, 2.05) is 24.3 Å². The minimum atomic E-state index is -0.203. The SMILES string of the molecule is CNC(=O)c1c(C)oc2cc(Oc3ccnc(Nc4cccc(NC(=O)CN5CCN(C(C)C)CC5)c4)n3)ccc12. The Morgan fingerprint density at radius 3 is 2.59 bits per heavy atom. The van der Waals surface area contributed by atoms with Gasteiger partial charge in [0.15, 0.2) is 0 Å². The molecule has 0 atom stereocenters. The molecule has 2 aromatic carbocycles. The lowest BCUT2D eigenvalue weighted by Crippen LogP contribution is -2.50. The Bertz CT molecular complexity index is 1540. The molecule has 0 unspecified atom stereocenters. The van der Waals surface area contributed by atoms with Crippen molar-refractivity contribution in [2.75, 3.05) is 50.4 Å². The summed E-state index contributed by atoms with van der Waals surface area (Å²) in [6.45, 7) is 10.2. The summed E-state index contributed by atoms with van der Waals surface area (Å²) in [5, 5.41) is 9.50. The van der Waals surface area contributed by atoms with E-state index < -0.39 is 0 Å². The molecular weight excluding hydrogens is 522 g/mol. The van der Waals surface area contributed by atoms with Gasteiger partial charge in [0.1, 0.15) is 17.1 Å². The highest BCUT2D eigenvalue weighted by atomic mass is 16.5. The molecule has 11 nitrogen and oxygen atoms in total. The predicted molar refractivity (Wildman–Crippen MR) is 158 cm³/mol. The zero-order valence-electron chi connectivity index (χ0n) is 23.7. The Balaban J connectivity index is 1.20. The van der Waals surface area contributed by atoms with Gasteiger partial charge in [-0.1, -0.05) is 6.07 Å². The molecule has 1 fully saturated rings. The van der Waals surface area contributed by atoms with Crippen LogP contribution in [0.4, 0.5) is 17.3 Å². The minimum Gasteiger partial charge on any atom is -0.460 e. The topological polar surface area (TPSA) is 125 Å². The molecule has 0 aliphatic carbocycles. The van der Waals surface area contributed by atoms with Crippen LogP contribution in [-0.4, -0.2) is 77.4 Å². The van der Waals surface area contributed by atoms with Gasteiger partial charge in [0, 0.05) is 74.4 Å². The van der Waals surface area contributed by atoms with Crippen molar-refractivity contribution in [3.8, 4) is 11.6 Å². The first-order valence-corrected chi connectivity index (χ1v) is 13.7. The van der Waals surface area contributed by atoms with Crippen molar-refractivity contribution in [2.45, 2.75) is 26.8 Å². The molecule has 2 aromatic heterocycles. The Morgan fingerprint density at radius 1 is 1.05 bits per heavy atom. The number of hydrogen-bond donors (Lipinski definition) is 3. The molecule has 0 saturated carbocycles. The lowest BCUT2D eigenvalue weighted by Gasteiger charge is -2.36. The summed E-state index contributed by atoms with van der Waals surface area (Å²) in [4.78, 5) is 38.2. The van der Waals surface area contributed by atoms with Gasteiger partial charge >= 0.3 is 0 Å². The fourth-order valence-corrected chi connectivity index (χ4v) is 4.90. The molecule has 5 rings (SSSR count). The lowest BCUT2D eigenvalue weighted by molar-refractivity contribution is -0.117. The molecule has 1 saturated heterocycles. The maximum atomic E-state index is 12.7. The number of piperazine rings is 1. The summed E-state index contributed by atoms with van der Waals surface area (Å²) in [6.07, 6.45) is 1.59. The number of aromatic nitrogens is 2. The molecule has 1 aliphatic rings. The van der Waals surface area contributed by atoms with Crippen LogP contribution >= 0.6 is 0 Å². The van der Waals surface area contributed by atoms with Crippen molar-refractivity contribution < 1.29 is 18.7 Å². The Labute approximate surface area is 238 Å². The number of amides is 2. The monoisotopic (exact) mass is 557 g/mol. The van der Waals surface area contributed by atoms with Gasteiger partial charge in [-0.05, 0) is 51.1 Å². The third-order valence-electron chi connectivity index (χ3n) is 7.05. The molecule has 0 bridgehead atoms. The van der Waals surface area contributed by atoms with Gasteiger partial charge in [0.2, 0.25) is 17.7 Å². The summed E-state index contributed by atoms with van der Waals surface area (Å²) >= 11 is 0. The highest BCUT2D eigenvalue weighted by Crippen LogP contribution is 2.31. The summed E-state index contributed by atoms with van der Waals surface area (Å²) in [7, 11) is 1.59. The first-order chi connectivity index (χ1) is 19.8. The first-order valence-electron chi connectivity index (χ1n) is 13.7.